The Hall–Kier alpha value is -3.10. The number of hydrogen-bond acceptors (Lipinski definition) is 5. The van der Waals surface area contributed by atoms with E-state index in [1.807, 2.05) is 6.07 Å². The molecule has 0 aliphatic carbocycles. The number of anilines is 1. The van der Waals surface area contributed by atoms with Crippen LogP contribution in [-0.2, 0) is 32.1 Å². The minimum absolute atomic E-state index is 0.0788. The lowest BCUT2D eigenvalue weighted by Crippen LogP contribution is -2.34. The van der Waals surface area contributed by atoms with Crippen molar-refractivity contribution in [3.8, 4) is 0 Å². The van der Waals surface area contributed by atoms with E-state index in [0.717, 1.165) is 11.1 Å². The molecule has 0 bridgehead atoms. The van der Waals surface area contributed by atoms with Gasteiger partial charge >= 0.3 is 12.1 Å². The van der Waals surface area contributed by atoms with Crippen molar-refractivity contribution in [1.29, 1.82) is 0 Å². The first-order valence-electron chi connectivity index (χ1n) is 9.80. The van der Waals surface area contributed by atoms with Gasteiger partial charge in [0.2, 0.25) is 11.8 Å². The average Bonchev–Trinajstić information content (AvgIpc) is 2.70. The molecular weight excluding hydrogens is 390 g/mol. The topological polar surface area (TPSA) is 125 Å². The van der Waals surface area contributed by atoms with E-state index in [0.29, 0.717) is 18.7 Å². The minimum atomic E-state index is -1.01. The zero-order chi connectivity index (χ0) is 22.5. The van der Waals surface area contributed by atoms with Crippen molar-refractivity contribution in [2.24, 2.45) is 5.92 Å². The normalized spacial score (nSPS) is 16.3. The minimum Gasteiger partial charge on any atom is -0.481 e. The van der Waals surface area contributed by atoms with E-state index in [2.05, 4.69) is 10.6 Å². The lowest BCUT2D eigenvalue weighted by Gasteiger charge is -2.19. The maximum atomic E-state index is 12.4. The number of nitrogens with one attached hydrogen (secondary N) is 2. The van der Waals surface area contributed by atoms with Gasteiger partial charge in [-0.2, -0.15) is 0 Å². The first-order valence-corrected chi connectivity index (χ1v) is 9.80. The Morgan fingerprint density at radius 2 is 1.93 bits per heavy atom. The molecule has 3 amide bonds. The second-order valence-corrected chi connectivity index (χ2v) is 8.40. The van der Waals surface area contributed by atoms with Crippen LogP contribution in [0.25, 0.3) is 0 Å². The van der Waals surface area contributed by atoms with E-state index in [-0.39, 0.29) is 31.2 Å². The summed E-state index contributed by atoms with van der Waals surface area (Å²) in [6.07, 6.45) is -0.371. The van der Waals surface area contributed by atoms with Gasteiger partial charge in [-0.1, -0.05) is 6.07 Å². The number of nitrogens with zero attached hydrogens (tertiary/aromatic N) is 1. The van der Waals surface area contributed by atoms with Crippen LogP contribution in [0, 0.1) is 5.92 Å². The summed E-state index contributed by atoms with van der Waals surface area (Å²) >= 11 is 0. The van der Waals surface area contributed by atoms with E-state index in [1.54, 1.807) is 40.0 Å². The summed E-state index contributed by atoms with van der Waals surface area (Å²) in [4.78, 5) is 48.8. The molecule has 1 aliphatic heterocycles. The summed E-state index contributed by atoms with van der Waals surface area (Å²) in [5.41, 5.74) is 1.73. The molecule has 1 aromatic rings. The van der Waals surface area contributed by atoms with Gasteiger partial charge in [0.05, 0.1) is 12.3 Å². The first kappa shape index (κ1) is 23.2. The molecule has 30 heavy (non-hydrogen) atoms. The molecule has 1 atom stereocenters. The van der Waals surface area contributed by atoms with Crippen LogP contribution in [0.1, 0.15) is 44.7 Å². The second kappa shape index (κ2) is 9.60. The number of hydrogen-bond donors (Lipinski definition) is 3. The van der Waals surface area contributed by atoms with Gasteiger partial charge < -0.3 is 25.4 Å². The highest BCUT2D eigenvalue weighted by Crippen LogP contribution is 2.26. The molecule has 1 aromatic carbocycles. The van der Waals surface area contributed by atoms with Gasteiger partial charge in [0.15, 0.2) is 0 Å². The molecule has 1 heterocycles. The highest BCUT2D eigenvalue weighted by Gasteiger charge is 2.29. The number of amides is 3. The Kier molecular flexibility index (Phi) is 7.42. The maximum Gasteiger partial charge on any atom is 0.407 e. The molecule has 0 spiro atoms. The number of carbonyl (C=O) groups is 4. The number of carbonyl (C=O) groups excluding carboxylic acids is 3. The molecule has 2 rings (SSSR count). The number of carboxylic acids is 1. The van der Waals surface area contributed by atoms with Crippen LogP contribution in [0.3, 0.4) is 0 Å². The van der Waals surface area contributed by atoms with Crippen molar-refractivity contribution in [1.82, 2.24) is 10.2 Å². The van der Waals surface area contributed by atoms with Crippen molar-refractivity contribution in [2.75, 3.05) is 18.9 Å². The highest BCUT2D eigenvalue weighted by atomic mass is 16.6. The predicted molar refractivity (Wildman–Crippen MR) is 110 cm³/mol. The zero-order valence-electron chi connectivity index (χ0n) is 17.8. The Bertz CT molecular complexity index is 831. The van der Waals surface area contributed by atoms with Crippen molar-refractivity contribution in [3.63, 3.8) is 0 Å². The third kappa shape index (κ3) is 7.06. The van der Waals surface area contributed by atoms with E-state index in [9.17, 15) is 19.2 Å². The third-order valence-electron chi connectivity index (χ3n) is 4.53. The molecular formula is C21H29N3O6. The smallest absolute Gasteiger partial charge is 0.407 e. The number of benzene rings is 1. The largest absolute Gasteiger partial charge is 0.481 e. The summed E-state index contributed by atoms with van der Waals surface area (Å²) in [5, 5.41) is 14.4. The van der Waals surface area contributed by atoms with Crippen LogP contribution in [0.4, 0.5) is 10.5 Å². The number of ether oxygens (including phenoxy) is 1. The number of carboxylic acid groups (broad SMARTS) is 1. The average molecular weight is 419 g/mol. The van der Waals surface area contributed by atoms with Gasteiger partial charge in [0.1, 0.15) is 5.60 Å². The van der Waals surface area contributed by atoms with Gasteiger partial charge in [0, 0.05) is 32.2 Å². The van der Waals surface area contributed by atoms with Crippen LogP contribution in [0.15, 0.2) is 18.2 Å². The Morgan fingerprint density at radius 3 is 2.57 bits per heavy atom. The van der Waals surface area contributed by atoms with Gasteiger partial charge in [-0.3, -0.25) is 14.4 Å². The highest BCUT2D eigenvalue weighted by molar-refractivity contribution is 5.91. The van der Waals surface area contributed by atoms with Gasteiger partial charge in [-0.25, -0.2) is 4.79 Å². The van der Waals surface area contributed by atoms with Crippen LogP contribution < -0.4 is 10.6 Å². The summed E-state index contributed by atoms with van der Waals surface area (Å²) < 4.78 is 5.11. The molecule has 0 saturated carbocycles. The Morgan fingerprint density at radius 1 is 1.23 bits per heavy atom. The molecule has 0 radical (unpaired) electrons. The zero-order valence-corrected chi connectivity index (χ0v) is 17.8. The summed E-state index contributed by atoms with van der Waals surface area (Å²) in [5.74, 6) is -2.08. The van der Waals surface area contributed by atoms with E-state index >= 15 is 0 Å². The van der Waals surface area contributed by atoms with Crippen LogP contribution in [0.2, 0.25) is 0 Å². The number of aliphatic carboxylic acids is 1. The Labute approximate surface area is 175 Å². The third-order valence-corrected chi connectivity index (χ3v) is 4.53. The van der Waals surface area contributed by atoms with Crippen molar-refractivity contribution in [2.45, 2.75) is 52.2 Å². The van der Waals surface area contributed by atoms with Crippen LogP contribution in [0.5, 0.6) is 0 Å². The molecule has 164 valence electrons. The van der Waals surface area contributed by atoms with Crippen LogP contribution in [-0.4, -0.2) is 53.1 Å². The fraction of sp³-hybridized carbons (Fsp3) is 0.524. The van der Waals surface area contributed by atoms with Gasteiger partial charge in [-0.15, -0.1) is 0 Å². The summed E-state index contributed by atoms with van der Waals surface area (Å²) in [6, 6.07) is 5.33. The number of fused-ring (bicyclic) bond motifs is 1. The lowest BCUT2D eigenvalue weighted by atomic mass is 9.94. The molecule has 0 saturated heterocycles. The standard InChI is InChI=1S/C21H29N3O6/c1-21(2,3)30-20(29)22-8-7-17(25)23-16-6-5-13-9-14(11-18(26)27)19(28)24(4)12-15(13)10-16/h5-6,10,14H,7-9,11-12H2,1-4H3,(H,22,29)(H,23,25)(H,26,27). The van der Waals surface area contributed by atoms with E-state index in [1.165, 1.54) is 4.90 Å². The number of rotatable bonds is 6. The molecule has 3 N–H and O–H groups in total. The fourth-order valence-corrected chi connectivity index (χ4v) is 3.23. The van der Waals surface area contributed by atoms with Crippen molar-refractivity contribution in [3.05, 3.63) is 29.3 Å². The van der Waals surface area contributed by atoms with Crippen molar-refractivity contribution < 1.29 is 29.0 Å². The van der Waals surface area contributed by atoms with E-state index < -0.39 is 23.6 Å². The monoisotopic (exact) mass is 419 g/mol. The first-order chi connectivity index (χ1) is 13.9. The second-order valence-electron chi connectivity index (χ2n) is 8.40. The molecule has 9 nitrogen and oxygen atoms in total. The molecule has 0 aromatic heterocycles. The summed E-state index contributed by atoms with van der Waals surface area (Å²) in [6.45, 7) is 5.75. The predicted octanol–water partition coefficient (Wildman–Crippen LogP) is 2.15. The molecule has 9 heteroatoms. The Balaban J connectivity index is 1.95. The fourth-order valence-electron chi connectivity index (χ4n) is 3.23. The lowest BCUT2D eigenvalue weighted by molar-refractivity contribution is -0.143. The van der Waals surface area contributed by atoms with Gasteiger partial charge in [-0.05, 0) is 50.5 Å². The maximum absolute atomic E-state index is 12.4. The van der Waals surface area contributed by atoms with Gasteiger partial charge in [0.25, 0.3) is 0 Å². The number of alkyl carbamates (subject to hydrolysis) is 1. The quantitative estimate of drug-likeness (QED) is 0.649. The van der Waals surface area contributed by atoms with Crippen molar-refractivity contribution >= 4 is 29.6 Å². The molecule has 0 fully saturated rings. The molecule has 1 aliphatic rings. The SMILES string of the molecule is CN1Cc2cc(NC(=O)CCNC(=O)OC(C)(C)C)ccc2CC(CC(=O)O)C1=O. The van der Waals surface area contributed by atoms with Crippen LogP contribution >= 0.6 is 0 Å². The van der Waals surface area contributed by atoms with E-state index in [4.69, 9.17) is 9.84 Å². The summed E-state index contributed by atoms with van der Waals surface area (Å²) in [7, 11) is 1.64. The molecule has 1 unspecified atom stereocenters.